The zero-order valence-electron chi connectivity index (χ0n) is 38.2. The van der Waals surface area contributed by atoms with Gasteiger partial charge >= 0.3 is 0 Å². The molecule has 0 saturated heterocycles. The molecular formula is C62H44N6. The van der Waals surface area contributed by atoms with Crippen molar-refractivity contribution in [2.45, 2.75) is 27.7 Å². The van der Waals surface area contributed by atoms with E-state index in [0.717, 1.165) is 72.4 Å². The quantitative estimate of drug-likeness (QED) is 0.160. The second-order valence-electron chi connectivity index (χ2n) is 17.9. The molecule has 3 aromatic heterocycles. The summed E-state index contributed by atoms with van der Waals surface area (Å²) in [6.45, 7) is 8.64. The summed E-state index contributed by atoms with van der Waals surface area (Å²) < 4.78 is 4.81. The molecule has 12 rings (SSSR count). The highest BCUT2D eigenvalue weighted by molar-refractivity contribution is 6.11. The number of rotatable bonds is 7. The molecule has 322 valence electrons. The van der Waals surface area contributed by atoms with Gasteiger partial charge in [-0.2, -0.15) is 5.26 Å². The molecule has 0 saturated carbocycles. The van der Waals surface area contributed by atoms with E-state index < -0.39 is 0 Å². The van der Waals surface area contributed by atoms with Crippen LogP contribution < -0.4 is 0 Å². The molecule has 0 radical (unpaired) electrons. The first-order valence-electron chi connectivity index (χ1n) is 23.0. The van der Waals surface area contributed by atoms with Crippen LogP contribution in [0.5, 0.6) is 0 Å². The van der Waals surface area contributed by atoms with Crippen LogP contribution in [0.3, 0.4) is 0 Å². The van der Waals surface area contributed by atoms with Gasteiger partial charge in [0.2, 0.25) is 0 Å². The van der Waals surface area contributed by atoms with Crippen LogP contribution in [0.2, 0.25) is 0 Å². The fourth-order valence-corrected chi connectivity index (χ4v) is 9.92. The lowest BCUT2D eigenvalue weighted by Gasteiger charge is -2.20. The fraction of sp³-hybridized carbons (Fsp3) is 0.0645. The maximum atomic E-state index is 9.76. The summed E-state index contributed by atoms with van der Waals surface area (Å²) in [6, 6.07) is 70.9. The molecule has 0 spiro atoms. The third kappa shape index (κ3) is 6.92. The summed E-state index contributed by atoms with van der Waals surface area (Å²) >= 11 is 0. The second-order valence-corrected chi connectivity index (χ2v) is 17.9. The van der Waals surface area contributed by atoms with Crippen LogP contribution in [0.15, 0.2) is 194 Å². The van der Waals surface area contributed by atoms with Crippen molar-refractivity contribution in [3.63, 3.8) is 0 Å². The minimum Gasteiger partial charge on any atom is -0.309 e. The monoisotopic (exact) mass is 872 g/mol. The summed E-state index contributed by atoms with van der Waals surface area (Å²) in [5, 5.41) is 14.6. The van der Waals surface area contributed by atoms with Gasteiger partial charge in [-0.25, -0.2) is 15.0 Å². The topological polar surface area (TPSA) is 72.3 Å². The fourth-order valence-electron chi connectivity index (χ4n) is 9.92. The maximum Gasteiger partial charge on any atom is 0.164 e. The highest BCUT2D eigenvalue weighted by Gasteiger charge is 2.23. The highest BCUT2D eigenvalue weighted by Crippen LogP contribution is 2.44. The molecule has 0 aliphatic carbocycles. The van der Waals surface area contributed by atoms with Gasteiger partial charge in [0, 0.05) is 49.5 Å². The van der Waals surface area contributed by atoms with Crippen LogP contribution in [0.25, 0.3) is 111 Å². The van der Waals surface area contributed by atoms with Crippen molar-refractivity contribution in [3.8, 4) is 73.9 Å². The molecule has 0 bridgehead atoms. The SMILES string of the molecule is Cc1ccc2c(c1)c1cc(C)ccc1n2-c1ccc(-c2nc(-c3ccccc3)nc(-c3ccccc3)n2)c(-c2cc(-c3ccc(C#N)cc3)ccc2-n2c3ccc(C)cc3c3cc(C)ccc32)c1. The van der Waals surface area contributed by atoms with Crippen molar-refractivity contribution in [3.05, 3.63) is 222 Å². The van der Waals surface area contributed by atoms with Crippen LogP contribution in [0.4, 0.5) is 0 Å². The van der Waals surface area contributed by atoms with E-state index in [4.69, 9.17) is 15.0 Å². The molecule has 0 amide bonds. The van der Waals surface area contributed by atoms with Gasteiger partial charge in [0.1, 0.15) is 0 Å². The Morgan fingerprint density at radius 2 is 0.809 bits per heavy atom. The van der Waals surface area contributed by atoms with Crippen molar-refractivity contribution in [2.75, 3.05) is 0 Å². The van der Waals surface area contributed by atoms with Gasteiger partial charge < -0.3 is 9.13 Å². The standard InChI is InChI=1S/C62H44N6/c1-38-15-26-55-50(31-38)51-32-39(2)16-27-56(51)67(55)47-24-25-48(62-65-60(44-11-7-5-8-12-44)64-61(66-62)45-13-9-6-10-14-45)49(36-47)54-35-46(43-21-19-42(37-63)20-22-43)23-30-59(54)68-57-28-17-40(3)33-52(57)53-34-41(4)18-29-58(53)68/h5-36H,1-4H3. The van der Waals surface area contributed by atoms with E-state index in [9.17, 15) is 5.26 Å². The lowest BCUT2D eigenvalue weighted by molar-refractivity contribution is 1.07. The molecule has 9 aromatic carbocycles. The summed E-state index contributed by atoms with van der Waals surface area (Å²) in [5.74, 6) is 1.76. The first-order chi connectivity index (χ1) is 33.3. The Morgan fingerprint density at radius 1 is 0.353 bits per heavy atom. The number of fused-ring (bicyclic) bond motifs is 6. The van der Waals surface area contributed by atoms with Crippen molar-refractivity contribution in [1.29, 1.82) is 5.26 Å². The number of aromatic nitrogens is 5. The van der Waals surface area contributed by atoms with Crippen LogP contribution in [-0.4, -0.2) is 24.1 Å². The number of hydrogen-bond donors (Lipinski definition) is 0. The van der Waals surface area contributed by atoms with Gasteiger partial charge in [-0.1, -0.05) is 125 Å². The molecule has 6 heteroatoms. The largest absolute Gasteiger partial charge is 0.309 e. The number of aryl methyl sites for hydroxylation is 4. The van der Waals surface area contributed by atoms with Crippen LogP contribution >= 0.6 is 0 Å². The van der Waals surface area contributed by atoms with E-state index in [1.165, 1.54) is 43.8 Å². The maximum absolute atomic E-state index is 9.76. The van der Waals surface area contributed by atoms with Gasteiger partial charge in [-0.3, -0.25) is 0 Å². The minimum atomic E-state index is 0.566. The zero-order valence-corrected chi connectivity index (χ0v) is 38.2. The Morgan fingerprint density at radius 3 is 1.29 bits per heavy atom. The number of benzene rings is 9. The van der Waals surface area contributed by atoms with Crippen molar-refractivity contribution >= 4 is 43.6 Å². The van der Waals surface area contributed by atoms with Crippen molar-refractivity contribution in [2.24, 2.45) is 0 Å². The molecule has 68 heavy (non-hydrogen) atoms. The normalized spacial score (nSPS) is 11.5. The van der Waals surface area contributed by atoms with E-state index in [0.29, 0.717) is 23.0 Å². The molecule has 0 unspecified atom stereocenters. The van der Waals surface area contributed by atoms with Crippen LogP contribution in [0.1, 0.15) is 27.8 Å². The molecule has 6 nitrogen and oxygen atoms in total. The first-order valence-corrected chi connectivity index (χ1v) is 23.0. The molecule has 0 aliphatic heterocycles. The molecule has 3 heterocycles. The van der Waals surface area contributed by atoms with E-state index in [1.54, 1.807) is 0 Å². The lowest BCUT2D eigenvalue weighted by atomic mass is 9.92. The van der Waals surface area contributed by atoms with Crippen LogP contribution in [0, 0.1) is 39.0 Å². The lowest BCUT2D eigenvalue weighted by Crippen LogP contribution is -2.04. The Bertz CT molecular complexity index is 3830. The average Bonchev–Trinajstić information content (AvgIpc) is 3.87. The van der Waals surface area contributed by atoms with Crippen molar-refractivity contribution in [1.82, 2.24) is 24.1 Å². The van der Waals surface area contributed by atoms with Gasteiger partial charge in [-0.05, 0) is 135 Å². The Balaban J connectivity index is 1.22. The summed E-state index contributed by atoms with van der Waals surface area (Å²) in [5.41, 5.74) is 18.7. The van der Waals surface area contributed by atoms with E-state index in [2.05, 4.69) is 176 Å². The van der Waals surface area contributed by atoms with E-state index in [1.807, 2.05) is 60.7 Å². The third-order valence-electron chi connectivity index (χ3n) is 13.2. The number of hydrogen-bond acceptors (Lipinski definition) is 4. The predicted molar refractivity (Wildman–Crippen MR) is 279 cm³/mol. The predicted octanol–water partition coefficient (Wildman–Crippen LogP) is 15.5. The molecule has 0 fully saturated rings. The van der Waals surface area contributed by atoms with Gasteiger partial charge in [-0.15, -0.1) is 0 Å². The first kappa shape index (κ1) is 40.6. The molecule has 0 aliphatic rings. The van der Waals surface area contributed by atoms with Gasteiger partial charge in [0.15, 0.2) is 17.5 Å². The van der Waals surface area contributed by atoms with E-state index in [-0.39, 0.29) is 0 Å². The van der Waals surface area contributed by atoms with E-state index >= 15 is 0 Å². The average molecular weight is 873 g/mol. The summed E-state index contributed by atoms with van der Waals surface area (Å²) in [6.07, 6.45) is 0. The van der Waals surface area contributed by atoms with Crippen LogP contribution in [-0.2, 0) is 0 Å². The smallest absolute Gasteiger partial charge is 0.164 e. The zero-order chi connectivity index (χ0) is 46.0. The van der Waals surface area contributed by atoms with Gasteiger partial charge in [0.05, 0.1) is 39.4 Å². The summed E-state index contributed by atoms with van der Waals surface area (Å²) in [7, 11) is 0. The Kier molecular flexibility index (Phi) is 9.67. The highest BCUT2D eigenvalue weighted by atomic mass is 15.0. The Hall–Kier alpha value is -8.92. The van der Waals surface area contributed by atoms with Gasteiger partial charge in [0.25, 0.3) is 0 Å². The number of nitrogens with zero attached hydrogens (tertiary/aromatic N) is 6. The second kappa shape index (κ2) is 16.2. The molecule has 0 N–H and O–H groups in total. The summed E-state index contributed by atoms with van der Waals surface area (Å²) in [4.78, 5) is 15.8. The Labute approximate surface area is 394 Å². The molecule has 12 aromatic rings. The molecular weight excluding hydrogens is 829 g/mol. The third-order valence-corrected chi connectivity index (χ3v) is 13.2. The minimum absolute atomic E-state index is 0.566. The number of nitriles is 1. The van der Waals surface area contributed by atoms with Crippen molar-refractivity contribution < 1.29 is 0 Å². The molecule has 0 atom stereocenters.